The minimum absolute atomic E-state index is 0.352. The van der Waals surface area contributed by atoms with Crippen LogP contribution in [0.4, 0.5) is 0 Å². The highest BCUT2D eigenvalue weighted by Gasteiger charge is 2.07. The zero-order chi connectivity index (χ0) is 11.5. The van der Waals surface area contributed by atoms with Gasteiger partial charge in [0.15, 0.2) is 0 Å². The van der Waals surface area contributed by atoms with Crippen LogP contribution in [-0.2, 0) is 0 Å². The van der Waals surface area contributed by atoms with Crippen molar-refractivity contribution in [3.8, 4) is 0 Å². The predicted octanol–water partition coefficient (Wildman–Crippen LogP) is 4.39. The van der Waals surface area contributed by atoms with E-state index >= 15 is 0 Å². The second-order valence-electron chi connectivity index (χ2n) is 5.16. The summed E-state index contributed by atoms with van der Waals surface area (Å²) in [6.45, 7) is 7.22. The van der Waals surface area contributed by atoms with Crippen LogP contribution in [0.3, 0.4) is 0 Å². The van der Waals surface area contributed by atoms with Crippen molar-refractivity contribution in [3.05, 3.63) is 0 Å². The van der Waals surface area contributed by atoms with Crippen molar-refractivity contribution >= 4 is 0 Å². The van der Waals surface area contributed by atoms with Crippen LogP contribution in [0.15, 0.2) is 0 Å². The van der Waals surface area contributed by atoms with Gasteiger partial charge in [0.2, 0.25) is 0 Å². The molecule has 0 saturated carbocycles. The molecule has 1 N–H and O–H groups in total. The topological polar surface area (TPSA) is 20.2 Å². The number of hydrogen-bond donors (Lipinski definition) is 1. The standard InChI is InChI=1S/C14H30O/c1-4-5-6-7-8-9-13(2)12-14(3)10-11-15/h13-15H,4-12H2,1-3H3. The van der Waals surface area contributed by atoms with Gasteiger partial charge in [-0.25, -0.2) is 0 Å². The van der Waals surface area contributed by atoms with Crippen molar-refractivity contribution in [2.45, 2.75) is 72.1 Å². The van der Waals surface area contributed by atoms with Gasteiger partial charge in [-0.3, -0.25) is 0 Å². The van der Waals surface area contributed by atoms with Crippen LogP contribution in [0.2, 0.25) is 0 Å². The fourth-order valence-corrected chi connectivity index (χ4v) is 2.24. The Morgan fingerprint density at radius 1 is 0.867 bits per heavy atom. The SMILES string of the molecule is CCCCCCCC(C)CC(C)CCO. The maximum atomic E-state index is 8.82. The summed E-state index contributed by atoms with van der Waals surface area (Å²) in [4.78, 5) is 0. The van der Waals surface area contributed by atoms with Crippen LogP contribution >= 0.6 is 0 Å². The molecule has 0 aromatic rings. The summed E-state index contributed by atoms with van der Waals surface area (Å²) in [6, 6.07) is 0. The monoisotopic (exact) mass is 214 g/mol. The molecule has 0 aromatic carbocycles. The molecule has 0 saturated heterocycles. The van der Waals surface area contributed by atoms with E-state index in [9.17, 15) is 0 Å². The van der Waals surface area contributed by atoms with E-state index < -0.39 is 0 Å². The first kappa shape index (κ1) is 15.0. The molecule has 0 radical (unpaired) electrons. The summed E-state index contributed by atoms with van der Waals surface area (Å²) < 4.78 is 0. The molecule has 2 atom stereocenters. The molecular formula is C14H30O. The lowest BCUT2D eigenvalue weighted by atomic mass is 9.91. The Bertz CT molecular complexity index is 123. The molecule has 0 aliphatic heterocycles. The minimum Gasteiger partial charge on any atom is -0.396 e. The smallest absolute Gasteiger partial charge is 0.0433 e. The number of aliphatic hydroxyl groups is 1. The van der Waals surface area contributed by atoms with E-state index in [2.05, 4.69) is 20.8 Å². The molecule has 0 aliphatic carbocycles. The molecule has 0 spiro atoms. The minimum atomic E-state index is 0.352. The van der Waals surface area contributed by atoms with Gasteiger partial charge in [-0.2, -0.15) is 0 Å². The van der Waals surface area contributed by atoms with Crippen molar-refractivity contribution < 1.29 is 5.11 Å². The highest BCUT2D eigenvalue weighted by atomic mass is 16.3. The molecule has 1 heteroatoms. The Hall–Kier alpha value is -0.0400. The van der Waals surface area contributed by atoms with Crippen molar-refractivity contribution in [2.75, 3.05) is 6.61 Å². The second kappa shape index (κ2) is 10.5. The lowest BCUT2D eigenvalue weighted by molar-refractivity contribution is 0.246. The van der Waals surface area contributed by atoms with Crippen LogP contribution in [-0.4, -0.2) is 11.7 Å². The van der Waals surface area contributed by atoms with Crippen molar-refractivity contribution in [1.29, 1.82) is 0 Å². The largest absolute Gasteiger partial charge is 0.396 e. The van der Waals surface area contributed by atoms with Gasteiger partial charge in [0.1, 0.15) is 0 Å². The molecule has 0 amide bonds. The third-order valence-corrected chi connectivity index (χ3v) is 3.23. The lowest BCUT2D eigenvalue weighted by Gasteiger charge is -2.16. The van der Waals surface area contributed by atoms with Crippen molar-refractivity contribution in [2.24, 2.45) is 11.8 Å². The normalized spacial score (nSPS) is 15.2. The summed E-state index contributed by atoms with van der Waals surface area (Å²) in [6.07, 6.45) is 10.6. The van der Waals surface area contributed by atoms with E-state index in [-0.39, 0.29) is 0 Å². The quantitative estimate of drug-likeness (QED) is 0.535. The number of hydrogen-bond acceptors (Lipinski definition) is 1. The highest BCUT2D eigenvalue weighted by molar-refractivity contribution is 4.60. The first-order valence-corrected chi connectivity index (χ1v) is 6.81. The molecular weight excluding hydrogens is 184 g/mol. The van der Waals surface area contributed by atoms with Gasteiger partial charge < -0.3 is 5.11 Å². The Morgan fingerprint density at radius 2 is 1.47 bits per heavy atom. The highest BCUT2D eigenvalue weighted by Crippen LogP contribution is 2.20. The molecule has 0 fully saturated rings. The summed E-state index contributed by atoms with van der Waals surface area (Å²) in [5.74, 6) is 1.54. The van der Waals surface area contributed by atoms with Gasteiger partial charge in [0.05, 0.1) is 0 Å². The molecule has 92 valence electrons. The number of aliphatic hydroxyl groups excluding tert-OH is 1. The molecule has 1 nitrogen and oxygen atoms in total. The van der Waals surface area contributed by atoms with E-state index in [1.165, 1.54) is 44.9 Å². The fraction of sp³-hybridized carbons (Fsp3) is 1.00. The van der Waals surface area contributed by atoms with Gasteiger partial charge >= 0.3 is 0 Å². The van der Waals surface area contributed by atoms with Gasteiger partial charge in [-0.05, 0) is 24.7 Å². The third-order valence-electron chi connectivity index (χ3n) is 3.23. The molecule has 15 heavy (non-hydrogen) atoms. The van der Waals surface area contributed by atoms with Crippen LogP contribution in [0, 0.1) is 11.8 Å². The maximum absolute atomic E-state index is 8.82. The number of rotatable bonds is 10. The first-order chi connectivity index (χ1) is 7.20. The van der Waals surface area contributed by atoms with E-state index in [4.69, 9.17) is 5.11 Å². The molecule has 0 bridgehead atoms. The Labute approximate surface area is 96.3 Å². The van der Waals surface area contributed by atoms with Gasteiger partial charge in [-0.15, -0.1) is 0 Å². The molecule has 2 unspecified atom stereocenters. The van der Waals surface area contributed by atoms with E-state index in [1.807, 2.05) is 0 Å². The molecule has 0 heterocycles. The zero-order valence-corrected chi connectivity index (χ0v) is 11.0. The van der Waals surface area contributed by atoms with Crippen LogP contribution in [0.25, 0.3) is 0 Å². The van der Waals surface area contributed by atoms with Crippen LogP contribution in [0.5, 0.6) is 0 Å². The molecule has 0 aliphatic rings. The molecule has 0 rings (SSSR count). The number of unbranched alkanes of at least 4 members (excludes halogenated alkanes) is 4. The van der Waals surface area contributed by atoms with E-state index in [0.29, 0.717) is 12.5 Å². The molecule has 0 aromatic heterocycles. The lowest BCUT2D eigenvalue weighted by Crippen LogP contribution is -2.05. The van der Waals surface area contributed by atoms with E-state index in [0.717, 1.165) is 12.3 Å². The van der Waals surface area contributed by atoms with Gasteiger partial charge in [0, 0.05) is 6.61 Å². The Kier molecular flexibility index (Phi) is 10.4. The van der Waals surface area contributed by atoms with Crippen LogP contribution in [0.1, 0.15) is 72.1 Å². The second-order valence-corrected chi connectivity index (χ2v) is 5.16. The summed E-state index contributed by atoms with van der Waals surface area (Å²) in [5.41, 5.74) is 0. The third kappa shape index (κ3) is 10.2. The van der Waals surface area contributed by atoms with Crippen molar-refractivity contribution in [1.82, 2.24) is 0 Å². The van der Waals surface area contributed by atoms with Crippen molar-refractivity contribution in [3.63, 3.8) is 0 Å². The summed E-state index contributed by atoms with van der Waals surface area (Å²) in [7, 11) is 0. The first-order valence-electron chi connectivity index (χ1n) is 6.81. The average Bonchev–Trinajstić information content (AvgIpc) is 2.17. The predicted molar refractivity (Wildman–Crippen MR) is 68.0 cm³/mol. The average molecular weight is 214 g/mol. The van der Waals surface area contributed by atoms with E-state index in [1.54, 1.807) is 0 Å². The fourth-order valence-electron chi connectivity index (χ4n) is 2.24. The summed E-state index contributed by atoms with van der Waals surface area (Å²) >= 11 is 0. The van der Waals surface area contributed by atoms with Crippen LogP contribution < -0.4 is 0 Å². The van der Waals surface area contributed by atoms with Gasteiger partial charge in [-0.1, -0.05) is 59.3 Å². The summed E-state index contributed by atoms with van der Waals surface area (Å²) in [5, 5.41) is 8.82. The zero-order valence-electron chi connectivity index (χ0n) is 11.0. The Balaban J connectivity index is 3.28. The maximum Gasteiger partial charge on any atom is 0.0433 e. The van der Waals surface area contributed by atoms with Gasteiger partial charge in [0.25, 0.3) is 0 Å². The Morgan fingerprint density at radius 3 is 2.07 bits per heavy atom.